The molecule has 2 fully saturated rings. The van der Waals surface area contributed by atoms with E-state index in [1.54, 1.807) is 32.0 Å². The number of hydrogen-bond acceptors (Lipinski definition) is 6. The van der Waals surface area contributed by atoms with Gasteiger partial charge in [0.05, 0.1) is 12.6 Å². The van der Waals surface area contributed by atoms with Gasteiger partial charge < -0.3 is 9.30 Å². The van der Waals surface area contributed by atoms with Gasteiger partial charge in [0.15, 0.2) is 10.9 Å². The van der Waals surface area contributed by atoms with E-state index in [0.717, 1.165) is 24.1 Å². The van der Waals surface area contributed by atoms with Crippen molar-refractivity contribution in [1.82, 2.24) is 9.47 Å². The van der Waals surface area contributed by atoms with Gasteiger partial charge in [0.2, 0.25) is 0 Å². The van der Waals surface area contributed by atoms with Crippen LogP contribution in [-0.2, 0) is 25.7 Å². The molecule has 2 unspecified atom stereocenters. The molecule has 1 aliphatic carbocycles. The van der Waals surface area contributed by atoms with E-state index in [-0.39, 0.29) is 40.4 Å². The third-order valence-corrected chi connectivity index (χ3v) is 7.56. The maximum absolute atomic E-state index is 14.8. The maximum atomic E-state index is 14.8. The number of halogens is 1. The Labute approximate surface area is 209 Å². The van der Waals surface area contributed by atoms with Gasteiger partial charge in [-0.15, -0.1) is 0 Å². The standard InChI is InChI=1S/C27H31FN2O4S/c1-3-34-25(32)17-29-13-6-7-21(29)15-20-16-30(14-12-24(20)35-18(2)31)26(27(33)19-10-11-19)22-8-4-5-9-23(22)28/h4-9,13,15,19,24,26H,3,10-12,14,16-17H2,1-2H3/b20-15+. The Kier molecular flexibility index (Phi) is 8.23. The molecule has 8 heteroatoms. The number of carbonyl (C=O) groups is 3. The number of thioether (sulfide) groups is 1. The third kappa shape index (κ3) is 6.30. The predicted molar refractivity (Wildman–Crippen MR) is 134 cm³/mol. The Balaban J connectivity index is 1.65. The first-order valence-electron chi connectivity index (χ1n) is 12.1. The number of carbonyl (C=O) groups excluding carboxylic acids is 3. The van der Waals surface area contributed by atoms with Crippen LogP contribution in [0.25, 0.3) is 6.08 Å². The largest absolute Gasteiger partial charge is 0.465 e. The van der Waals surface area contributed by atoms with E-state index >= 15 is 0 Å². The summed E-state index contributed by atoms with van der Waals surface area (Å²) in [7, 11) is 0. The number of benzene rings is 1. The molecule has 4 rings (SSSR count). The van der Waals surface area contributed by atoms with Crippen LogP contribution in [0.1, 0.15) is 50.4 Å². The van der Waals surface area contributed by atoms with Crippen LogP contribution in [0.3, 0.4) is 0 Å². The summed E-state index contributed by atoms with van der Waals surface area (Å²) in [4.78, 5) is 39.4. The molecule has 0 radical (unpaired) electrons. The highest BCUT2D eigenvalue weighted by molar-refractivity contribution is 8.14. The number of hydrogen-bond donors (Lipinski definition) is 0. The first kappa shape index (κ1) is 25.4. The van der Waals surface area contributed by atoms with Crippen molar-refractivity contribution in [3.63, 3.8) is 0 Å². The molecule has 2 atom stereocenters. The summed E-state index contributed by atoms with van der Waals surface area (Å²) in [5.41, 5.74) is 2.21. The minimum atomic E-state index is -0.651. The molecule has 0 N–H and O–H groups in total. The highest BCUT2D eigenvalue weighted by Crippen LogP contribution is 2.40. The second-order valence-electron chi connectivity index (χ2n) is 9.04. The number of ketones is 1. The molecule has 0 bridgehead atoms. The number of esters is 1. The van der Waals surface area contributed by atoms with Crippen molar-refractivity contribution in [2.45, 2.75) is 50.9 Å². The van der Waals surface area contributed by atoms with Crippen LogP contribution in [0.15, 0.2) is 48.2 Å². The normalized spacial score (nSPS) is 20.5. The molecule has 1 saturated carbocycles. The smallest absolute Gasteiger partial charge is 0.325 e. The molecular weight excluding hydrogens is 467 g/mol. The van der Waals surface area contributed by atoms with Gasteiger partial charge in [-0.1, -0.05) is 30.0 Å². The third-order valence-electron chi connectivity index (χ3n) is 6.40. The SMILES string of the molecule is CCOC(=O)Cn1cccc1/C=C1\CN(C(C(=O)C2CC2)c2ccccc2F)CCC1SC(C)=O. The molecule has 186 valence electrons. The molecule has 0 spiro atoms. The summed E-state index contributed by atoms with van der Waals surface area (Å²) in [6.07, 6.45) is 6.17. The summed E-state index contributed by atoms with van der Waals surface area (Å²) in [5, 5.41) is -0.0250. The molecular formula is C27H31FN2O4S. The minimum Gasteiger partial charge on any atom is -0.465 e. The summed E-state index contributed by atoms with van der Waals surface area (Å²) >= 11 is 1.28. The molecule has 2 aliphatic rings. The van der Waals surface area contributed by atoms with Gasteiger partial charge in [-0.25, -0.2) is 4.39 Å². The zero-order valence-corrected chi connectivity index (χ0v) is 20.9. The molecule has 2 aromatic rings. The number of nitrogens with zero attached hydrogens (tertiary/aromatic N) is 2. The summed E-state index contributed by atoms with van der Waals surface area (Å²) in [6.45, 7) is 4.75. The number of aromatic nitrogens is 1. The van der Waals surface area contributed by atoms with Gasteiger partial charge in [0.1, 0.15) is 12.4 Å². The number of likely N-dealkylation sites (tertiary alicyclic amines) is 1. The van der Waals surface area contributed by atoms with Crippen molar-refractivity contribution in [1.29, 1.82) is 0 Å². The topological polar surface area (TPSA) is 68.6 Å². The summed E-state index contributed by atoms with van der Waals surface area (Å²) in [6, 6.07) is 9.62. The fourth-order valence-electron chi connectivity index (χ4n) is 4.63. The number of ether oxygens (including phenoxy) is 1. The number of Topliss-reactive ketones (excluding diaryl/α,β-unsaturated/α-hetero) is 1. The zero-order valence-electron chi connectivity index (χ0n) is 20.1. The number of piperidine rings is 1. The Hall–Kier alpha value is -2.71. The summed E-state index contributed by atoms with van der Waals surface area (Å²) in [5.74, 6) is -0.644. The van der Waals surface area contributed by atoms with Crippen molar-refractivity contribution in [2.24, 2.45) is 5.92 Å². The van der Waals surface area contributed by atoms with E-state index < -0.39 is 6.04 Å². The Morgan fingerprint density at radius 1 is 1.17 bits per heavy atom. The average Bonchev–Trinajstić information content (AvgIpc) is 3.58. The first-order valence-corrected chi connectivity index (χ1v) is 13.0. The average molecular weight is 499 g/mol. The molecule has 2 heterocycles. The lowest BCUT2D eigenvalue weighted by molar-refractivity contribution is -0.143. The van der Waals surface area contributed by atoms with E-state index in [1.807, 2.05) is 33.9 Å². The van der Waals surface area contributed by atoms with Crippen LogP contribution in [0.2, 0.25) is 0 Å². The van der Waals surface area contributed by atoms with Crippen molar-refractivity contribution in [3.05, 3.63) is 65.2 Å². The lowest BCUT2D eigenvalue weighted by Crippen LogP contribution is -2.43. The molecule has 1 aromatic heterocycles. The van der Waals surface area contributed by atoms with Gasteiger partial charge in [-0.3, -0.25) is 19.3 Å². The van der Waals surface area contributed by atoms with Gasteiger partial charge in [0, 0.05) is 48.6 Å². The Morgan fingerprint density at radius 2 is 1.94 bits per heavy atom. The van der Waals surface area contributed by atoms with E-state index in [2.05, 4.69) is 0 Å². The first-order chi connectivity index (χ1) is 16.9. The molecule has 6 nitrogen and oxygen atoms in total. The van der Waals surface area contributed by atoms with Gasteiger partial charge in [-0.2, -0.15) is 0 Å². The van der Waals surface area contributed by atoms with Crippen LogP contribution >= 0.6 is 11.8 Å². The van der Waals surface area contributed by atoms with Crippen molar-refractivity contribution in [2.75, 3.05) is 19.7 Å². The van der Waals surface area contributed by atoms with E-state index in [4.69, 9.17) is 4.74 Å². The monoisotopic (exact) mass is 498 g/mol. The quantitative estimate of drug-likeness (QED) is 0.469. The highest BCUT2D eigenvalue weighted by atomic mass is 32.2. The van der Waals surface area contributed by atoms with Gasteiger partial charge in [0.25, 0.3) is 0 Å². The highest BCUT2D eigenvalue weighted by Gasteiger charge is 2.41. The minimum absolute atomic E-state index is 0.0156. The lowest BCUT2D eigenvalue weighted by Gasteiger charge is -2.38. The van der Waals surface area contributed by atoms with E-state index in [9.17, 15) is 18.8 Å². The van der Waals surface area contributed by atoms with Gasteiger partial charge >= 0.3 is 5.97 Å². The van der Waals surface area contributed by atoms with Crippen LogP contribution in [-0.4, -0.2) is 51.3 Å². The van der Waals surface area contributed by atoms with Crippen LogP contribution in [0, 0.1) is 11.7 Å². The predicted octanol–water partition coefficient (Wildman–Crippen LogP) is 4.65. The van der Waals surface area contributed by atoms with Gasteiger partial charge in [-0.05, 0) is 56.0 Å². The Bertz CT molecular complexity index is 1120. The van der Waals surface area contributed by atoms with Crippen molar-refractivity contribution >= 4 is 34.7 Å². The summed E-state index contributed by atoms with van der Waals surface area (Å²) < 4.78 is 21.7. The fraction of sp³-hybridized carbons (Fsp3) is 0.444. The zero-order chi connectivity index (χ0) is 24.9. The molecule has 35 heavy (non-hydrogen) atoms. The molecule has 1 aliphatic heterocycles. The fourth-order valence-corrected chi connectivity index (χ4v) is 5.55. The van der Waals surface area contributed by atoms with Crippen LogP contribution in [0.4, 0.5) is 4.39 Å². The Morgan fingerprint density at radius 3 is 2.63 bits per heavy atom. The molecule has 1 aromatic carbocycles. The van der Waals surface area contributed by atoms with Crippen molar-refractivity contribution in [3.8, 4) is 0 Å². The maximum Gasteiger partial charge on any atom is 0.325 e. The lowest BCUT2D eigenvalue weighted by atomic mass is 9.93. The molecule has 0 amide bonds. The second-order valence-corrected chi connectivity index (χ2v) is 10.4. The number of rotatable bonds is 9. The van der Waals surface area contributed by atoms with Crippen molar-refractivity contribution < 1.29 is 23.5 Å². The van der Waals surface area contributed by atoms with Crippen LogP contribution < -0.4 is 0 Å². The van der Waals surface area contributed by atoms with E-state index in [1.165, 1.54) is 17.8 Å². The second kappa shape index (κ2) is 11.4. The molecule has 1 saturated heterocycles. The van der Waals surface area contributed by atoms with Crippen LogP contribution in [0.5, 0.6) is 0 Å². The van der Waals surface area contributed by atoms with E-state index in [0.29, 0.717) is 31.7 Å².